The number of ketones is 2. The summed E-state index contributed by atoms with van der Waals surface area (Å²) in [4.78, 5) is 50.7. The molecule has 0 aromatic heterocycles. The largest absolute Gasteiger partial charge is 0.481 e. The lowest BCUT2D eigenvalue weighted by Crippen LogP contribution is -2.62. The van der Waals surface area contributed by atoms with Gasteiger partial charge in [-0.3, -0.25) is 19.2 Å². The van der Waals surface area contributed by atoms with Crippen molar-refractivity contribution >= 4 is 23.5 Å². The van der Waals surface area contributed by atoms with E-state index in [-0.39, 0.29) is 24.1 Å². The molecule has 0 aliphatic heterocycles. The van der Waals surface area contributed by atoms with Gasteiger partial charge in [0.2, 0.25) is 0 Å². The molecule has 0 aromatic rings. The van der Waals surface area contributed by atoms with Gasteiger partial charge in [0.05, 0.1) is 18.6 Å². The minimum absolute atomic E-state index is 0.148. The van der Waals surface area contributed by atoms with Crippen molar-refractivity contribution in [2.24, 2.45) is 10.8 Å². The third kappa shape index (κ3) is 13.3. The molecule has 0 fully saturated rings. The number of aliphatic carboxylic acids is 2. The third-order valence-electron chi connectivity index (χ3n) is 8.42. The smallest absolute Gasteiger partial charge is 0.321 e. The number of carboxylic acid groups (broad SMARTS) is 2. The van der Waals surface area contributed by atoms with Crippen LogP contribution in [0.5, 0.6) is 0 Å². The molecule has 0 saturated heterocycles. The minimum Gasteiger partial charge on any atom is -0.481 e. The van der Waals surface area contributed by atoms with Crippen LogP contribution in [0.2, 0.25) is 0 Å². The van der Waals surface area contributed by atoms with Gasteiger partial charge in [-0.05, 0) is 59.5 Å². The van der Waals surface area contributed by atoms with Crippen LogP contribution in [0, 0.1) is 10.8 Å². The van der Waals surface area contributed by atoms with E-state index in [1.807, 2.05) is 27.7 Å². The van der Waals surface area contributed by atoms with E-state index in [0.717, 1.165) is 19.3 Å². The number of carbonyl (C=O) groups is 4. The number of nitrogens with one attached hydrogen (secondary N) is 3. The summed E-state index contributed by atoms with van der Waals surface area (Å²) in [5, 5.41) is 28.6. The van der Waals surface area contributed by atoms with Gasteiger partial charge in [0.25, 0.3) is 0 Å². The van der Waals surface area contributed by atoms with E-state index >= 15 is 0 Å². The summed E-state index contributed by atoms with van der Waals surface area (Å²) in [5.74, 6) is -2.78. The zero-order chi connectivity index (χ0) is 31.9. The number of ether oxygens (including phenoxy) is 2. The Hall–Kier alpha value is -1.92. The van der Waals surface area contributed by atoms with E-state index in [9.17, 15) is 29.4 Å². The Morgan fingerprint density at radius 1 is 0.902 bits per heavy atom. The number of methoxy groups -OCH3 is 1. The average Bonchev–Trinajstić information content (AvgIpc) is 2.90. The lowest BCUT2D eigenvalue weighted by atomic mass is 9.69. The highest BCUT2D eigenvalue weighted by atomic mass is 16.5. The van der Waals surface area contributed by atoms with Crippen LogP contribution in [-0.4, -0.2) is 97.4 Å². The fourth-order valence-corrected chi connectivity index (χ4v) is 4.29. The van der Waals surface area contributed by atoms with Crippen molar-refractivity contribution in [3.8, 4) is 0 Å². The number of hydrogen-bond donors (Lipinski definition) is 5. The van der Waals surface area contributed by atoms with Gasteiger partial charge in [0, 0.05) is 49.7 Å². The Morgan fingerprint density at radius 2 is 1.54 bits per heavy atom. The van der Waals surface area contributed by atoms with Crippen molar-refractivity contribution in [2.45, 2.75) is 118 Å². The first-order valence-corrected chi connectivity index (χ1v) is 14.8. The summed E-state index contributed by atoms with van der Waals surface area (Å²) in [7, 11) is 1.67. The van der Waals surface area contributed by atoms with Crippen molar-refractivity contribution < 1.29 is 38.9 Å². The van der Waals surface area contributed by atoms with Gasteiger partial charge < -0.3 is 35.6 Å². The number of carboxylic acids is 2. The maximum absolute atomic E-state index is 13.8. The minimum atomic E-state index is -1.13. The van der Waals surface area contributed by atoms with Crippen LogP contribution >= 0.6 is 0 Å². The van der Waals surface area contributed by atoms with Crippen LogP contribution in [0.4, 0.5) is 0 Å². The second kappa shape index (κ2) is 18.6. The van der Waals surface area contributed by atoms with Crippen molar-refractivity contribution in [1.29, 1.82) is 0 Å². The molecule has 11 nitrogen and oxygen atoms in total. The Labute approximate surface area is 246 Å². The van der Waals surface area contributed by atoms with Crippen molar-refractivity contribution in [1.82, 2.24) is 16.0 Å². The van der Waals surface area contributed by atoms with Crippen LogP contribution in [0.1, 0.15) is 93.9 Å². The first kappa shape index (κ1) is 39.1. The molecular weight excluding hydrogens is 530 g/mol. The molecule has 0 aliphatic rings. The Balaban J connectivity index is 5.44. The molecule has 11 heteroatoms. The molecule has 41 heavy (non-hydrogen) atoms. The molecule has 0 rings (SSSR count). The van der Waals surface area contributed by atoms with E-state index < -0.39 is 46.8 Å². The molecule has 0 aromatic carbocycles. The molecule has 0 aliphatic carbocycles. The Bertz CT molecular complexity index is 833. The fourth-order valence-electron chi connectivity index (χ4n) is 4.29. The Morgan fingerprint density at radius 3 is 2.05 bits per heavy atom. The maximum Gasteiger partial charge on any atom is 0.321 e. The van der Waals surface area contributed by atoms with Crippen LogP contribution < -0.4 is 16.0 Å². The highest BCUT2D eigenvalue weighted by molar-refractivity contribution is 5.93. The first-order chi connectivity index (χ1) is 19.0. The lowest BCUT2D eigenvalue weighted by molar-refractivity contribution is -0.144. The SMILES string of the molecule is CCCNC(CC(=O)C(C)(C)C(C)(C)NC(CC(=O)O)C(=O)C(C)(CC)CNCCCOCCC(C)OC)C(=O)O. The van der Waals surface area contributed by atoms with Crippen LogP contribution in [0.25, 0.3) is 0 Å². The number of hydrogen-bond acceptors (Lipinski definition) is 9. The standard InChI is InChI=1S/C30H57N3O8/c1-10-14-32-23(27(38)39)18-24(34)28(4,5)29(6,7)33-22(19-25(35)36)26(37)30(8,11-2)20-31-15-12-16-41-17-13-21(3)40-9/h21-23,31-33H,10-20H2,1-9H3,(H,35,36)(H,38,39). The van der Waals surface area contributed by atoms with Crippen LogP contribution in [0.15, 0.2) is 0 Å². The van der Waals surface area contributed by atoms with Gasteiger partial charge in [-0.1, -0.05) is 34.6 Å². The number of rotatable bonds is 25. The zero-order valence-corrected chi connectivity index (χ0v) is 26.9. The normalized spacial score (nSPS) is 16.0. The Kier molecular flexibility index (Phi) is 17.7. The summed E-state index contributed by atoms with van der Waals surface area (Å²) >= 11 is 0. The van der Waals surface area contributed by atoms with E-state index in [4.69, 9.17) is 9.47 Å². The molecule has 5 N–H and O–H groups in total. The van der Waals surface area contributed by atoms with E-state index in [2.05, 4.69) is 16.0 Å². The number of Topliss-reactive ketones (excluding diaryl/α,β-unsaturated/α-hetero) is 2. The van der Waals surface area contributed by atoms with Crippen LogP contribution in [-0.2, 0) is 28.7 Å². The number of carbonyl (C=O) groups excluding carboxylic acids is 2. The molecule has 0 heterocycles. The lowest BCUT2D eigenvalue weighted by Gasteiger charge is -2.44. The van der Waals surface area contributed by atoms with E-state index in [1.165, 1.54) is 0 Å². The van der Waals surface area contributed by atoms with Gasteiger partial charge in [-0.2, -0.15) is 0 Å². The fraction of sp³-hybridized carbons (Fsp3) is 0.867. The molecular formula is C30H57N3O8. The summed E-state index contributed by atoms with van der Waals surface area (Å²) in [5.41, 5.74) is -2.97. The highest BCUT2D eigenvalue weighted by Crippen LogP contribution is 2.35. The molecule has 240 valence electrons. The summed E-state index contributed by atoms with van der Waals surface area (Å²) < 4.78 is 10.8. The molecule has 0 saturated carbocycles. The molecule has 0 amide bonds. The van der Waals surface area contributed by atoms with Crippen LogP contribution in [0.3, 0.4) is 0 Å². The third-order valence-corrected chi connectivity index (χ3v) is 8.42. The second-order valence-corrected chi connectivity index (χ2v) is 12.3. The van der Waals surface area contributed by atoms with Crippen molar-refractivity contribution in [3.63, 3.8) is 0 Å². The molecule has 0 spiro atoms. The first-order valence-electron chi connectivity index (χ1n) is 14.8. The predicted molar refractivity (Wildman–Crippen MR) is 159 cm³/mol. The van der Waals surface area contributed by atoms with Gasteiger partial charge in [-0.15, -0.1) is 0 Å². The maximum atomic E-state index is 13.8. The molecule has 0 radical (unpaired) electrons. The van der Waals surface area contributed by atoms with Crippen molar-refractivity contribution in [2.75, 3.05) is 40.0 Å². The van der Waals surface area contributed by atoms with E-state index in [0.29, 0.717) is 39.3 Å². The monoisotopic (exact) mass is 587 g/mol. The van der Waals surface area contributed by atoms with Gasteiger partial charge in [0.1, 0.15) is 11.8 Å². The van der Waals surface area contributed by atoms with E-state index in [1.54, 1.807) is 34.8 Å². The van der Waals surface area contributed by atoms with Crippen molar-refractivity contribution in [3.05, 3.63) is 0 Å². The summed E-state index contributed by atoms with van der Waals surface area (Å²) in [6, 6.07) is -2.07. The van der Waals surface area contributed by atoms with Gasteiger partial charge in [0.15, 0.2) is 5.78 Å². The van der Waals surface area contributed by atoms with Gasteiger partial charge >= 0.3 is 11.9 Å². The highest BCUT2D eigenvalue weighted by Gasteiger charge is 2.47. The molecule has 0 bridgehead atoms. The topological polar surface area (TPSA) is 163 Å². The van der Waals surface area contributed by atoms with Gasteiger partial charge in [-0.25, -0.2) is 0 Å². The summed E-state index contributed by atoms with van der Waals surface area (Å²) in [6.45, 7) is 17.2. The average molecular weight is 588 g/mol. The molecule has 4 unspecified atom stereocenters. The molecule has 4 atom stereocenters. The quantitative estimate of drug-likeness (QED) is 0.0998. The second-order valence-electron chi connectivity index (χ2n) is 12.3. The summed E-state index contributed by atoms with van der Waals surface area (Å²) in [6.07, 6.45) is 2.28. The predicted octanol–water partition coefficient (Wildman–Crippen LogP) is 3.04. The zero-order valence-electron chi connectivity index (χ0n) is 26.9.